The van der Waals surface area contributed by atoms with Gasteiger partial charge in [0.15, 0.2) is 0 Å². The second-order valence-electron chi connectivity index (χ2n) is 24.6. The number of imidazole rings is 1. The molecule has 7 nitrogen and oxygen atoms in total. The van der Waals surface area contributed by atoms with E-state index in [-0.39, 0.29) is 17.6 Å². The Morgan fingerprint density at radius 3 is 1.80 bits per heavy atom. The van der Waals surface area contributed by atoms with Crippen LogP contribution in [0.4, 0.5) is 10.3 Å². The van der Waals surface area contributed by atoms with E-state index in [1.165, 1.54) is 132 Å². The fraction of sp³-hybridized carbons (Fsp3) is 0.658. The smallest absolute Gasteiger partial charge is 0.208 e. The molecule has 1 fully saturated rings. The zero-order valence-corrected chi connectivity index (χ0v) is 56.5. The number of hydrogen-bond donors (Lipinski definition) is 1. The molecular formula is C73H125FN5O2+. The molecule has 0 bridgehead atoms. The number of Topliss-reactive ketones (excluding diaryl/α,β-unsaturated/α-hetero) is 1. The van der Waals surface area contributed by atoms with Crippen molar-refractivity contribution in [2.45, 2.75) is 259 Å². The number of likely N-dealkylation sites (N-methyl/N-ethyl adjacent to an activating group) is 1. The van der Waals surface area contributed by atoms with Gasteiger partial charge >= 0.3 is 0 Å². The average Bonchev–Trinajstić information content (AvgIpc) is 4.11. The summed E-state index contributed by atoms with van der Waals surface area (Å²) in [5.74, 6) is 5.36. The number of carbonyl (C=O) groups is 1. The number of rotatable bonds is 22. The zero-order valence-electron chi connectivity index (χ0n) is 56.5. The molecule has 4 aromatic rings. The maximum atomic E-state index is 12.4. The molecule has 81 heavy (non-hydrogen) atoms. The van der Waals surface area contributed by atoms with Gasteiger partial charge in [-0.3, -0.25) is 4.98 Å². The molecular weight excluding hydrogens is 998 g/mol. The monoisotopic (exact) mass is 1120 g/mol. The molecule has 1 saturated carbocycles. The van der Waals surface area contributed by atoms with E-state index in [1.807, 2.05) is 33.9 Å². The Balaban J connectivity index is 0.00000107. The summed E-state index contributed by atoms with van der Waals surface area (Å²) < 4.78 is 21.2. The van der Waals surface area contributed by atoms with Gasteiger partial charge in [0.1, 0.15) is 23.4 Å². The van der Waals surface area contributed by atoms with Crippen LogP contribution in [0.2, 0.25) is 0 Å². The molecule has 0 amide bonds. The summed E-state index contributed by atoms with van der Waals surface area (Å²) in [4.78, 5) is 20.3. The minimum Gasteiger partial charge on any atom is -0.500 e. The van der Waals surface area contributed by atoms with E-state index in [1.54, 1.807) is 14.0 Å². The third kappa shape index (κ3) is 31.6. The lowest BCUT2D eigenvalue weighted by molar-refractivity contribution is -0.906. The van der Waals surface area contributed by atoms with Crippen molar-refractivity contribution in [2.75, 3.05) is 33.1 Å². The number of anilines is 1. The van der Waals surface area contributed by atoms with Crippen LogP contribution in [-0.4, -0.2) is 58.6 Å². The van der Waals surface area contributed by atoms with Gasteiger partial charge in [-0.1, -0.05) is 210 Å². The number of carbonyl (C=O) groups excluding carboxylic acids is 1. The third-order valence-corrected chi connectivity index (χ3v) is 16.4. The average molecular weight is 1120 g/mol. The lowest BCUT2D eigenvalue weighted by Crippen LogP contribution is -2.51. The Morgan fingerprint density at radius 2 is 1.33 bits per heavy atom. The van der Waals surface area contributed by atoms with Crippen LogP contribution in [0.25, 0.3) is 22.3 Å². The molecule has 8 heteroatoms. The molecule has 1 aliphatic carbocycles. The van der Waals surface area contributed by atoms with Crippen LogP contribution < -0.4 is 5.32 Å². The number of aryl methyl sites for hydroxylation is 5. The molecule has 4 atom stereocenters. The maximum Gasteiger partial charge on any atom is 0.208 e. The first-order valence-electron chi connectivity index (χ1n) is 32.2. The predicted octanol–water partition coefficient (Wildman–Crippen LogP) is 21.9. The number of pyridine rings is 1. The summed E-state index contributed by atoms with van der Waals surface area (Å²) >= 11 is 0. The van der Waals surface area contributed by atoms with Gasteiger partial charge in [-0.15, -0.1) is 0 Å². The third-order valence-electron chi connectivity index (χ3n) is 16.4. The van der Waals surface area contributed by atoms with Crippen molar-refractivity contribution in [1.82, 2.24) is 14.5 Å². The molecule has 6 rings (SSSR count). The van der Waals surface area contributed by atoms with E-state index in [4.69, 9.17) is 14.7 Å². The minimum atomic E-state index is -0.146. The van der Waals surface area contributed by atoms with Gasteiger partial charge < -0.3 is 23.9 Å². The first kappa shape index (κ1) is 76.4. The molecule has 2 aromatic heterocycles. The van der Waals surface area contributed by atoms with Crippen LogP contribution in [0.5, 0.6) is 0 Å². The van der Waals surface area contributed by atoms with Crippen molar-refractivity contribution in [3.8, 4) is 0 Å². The summed E-state index contributed by atoms with van der Waals surface area (Å²) in [5.41, 5.74) is 11.4. The molecule has 3 heterocycles. The highest BCUT2D eigenvalue weighted by Gasteiger charge is 2.36. The number of methoxy groups -OCH3 is 1. The van der Waals surface area contributed by atoms with Crippen LogP contribution in [0, 0.1) is 57.2 Å². The predicted molar refractivity (Wildman–Crippen MR) is 356 cm³/mol. The highest BCUT2D eigenvalue weighted by molar-refractivity contribution is 5.83. The van der Waals surface area contributed by atoms with Crippen LogP contribution in [0.3, 0.4) is 0 Å². The number of fused-ring (bicyclic) bond motifs is 1. The summed E-state index contributed by atoms with van der Waals surface area (Å²) in [6.07, 6.45) is 27.5. The standard InChI is InChI=1S/C26H34N5O.C11H20O.C11H24.C8H9F.C8H18.C5H10.C4H10/c1-16-9-10-21-23(13-16)30(5)26(29-21)28-18(3)20-14-17(2)27-22(15-20)25-19(4)31(6,7)12-11-24(25)32-8;1-5-9(2)10(3)7-6-8-11(4)12;1-4-7-8-10-11(6-3)9-5-2;1-6-3-7(2)5-8(9)4-6;1-5-6-8(4)7(2)3;1-2-4-5-3-1;1-3-4-2/h9-10,13-15,19H,3,11-12H2,1-2,4-8H3,(H,28,29);9H,3,5-8H2,1-2,4H3;11H,4-10H2,1-3H3;3-5H,1-2H3;7-8H,5-6H2,1-4H3;1-5H2;3-4H2,1-2H3/q+1;;;;;;. The van der Waals surface area contributed by atoms with E-state index >= 15 is 0 Å². The molecule has 1 N–H and O–H groups in total. The maximum absolute atomic E-state index is 12.4. The van der Waals surface area contributed by atoms with Gasteiger partial charge in [-0.05, 0) is 138 Å². The molecule has 0 radical (unpaired) electrons. The van der Waals surface area contributed by atoms with Crippen molar-refractivity contribution >= 4 is 34.0 Å². The Labute approximate surface area is 499 Å². The molecule has 0 spiro atoms. The quantitative estimate of drug-likeness (QED) is 0.0482. The molecule has 2 aromatic carbocycles. The Kier molecular flexibility index (Phi) is 40.7. The highest BCUT2D eigenvalue weighted by Crippen LogP contribution is 2.35. The van der Waals surface area contributed by atoms with Gasteiger partial charge in [-0.2, -0.15) is 0 Å². The number of aromatic nitrogens is 3. The second kappa shape index (κ2) is 43.1. The number of allylic oxidation sites excluding steroid dienone is 1. The summed E-state index contributed by atoms with van der Waals surface area (Å²) in [7, 11) is 8.31. The number of benzene rings is 2. The van der Waals surface area contributed by atoms with Gasteiger partial charge in [-0.25, -0.2) is 9.37 Å². The van der Waals surface area contributed by atoms with Gasteiger partial charge in [0.25, 0.3) is 0 Å². The normalized spacial score (nSPS) is 15.2. The van der Waals surface area contributed by atoms with E-state index in [0.717, 1.165) is 111 Å². The number of nitrogens with zero attached hydrogens (tertiary/aromatic N) is 4. The number of ether oxygens (including phenoxy) is 1. The highest BCUT2D eigenvalue weighted by atomic mass is 19.1. The second-order valence-corrected chi connectivity index (χ2v) is 24.6. The zero-order chi connectivity index (χ0) is 61.7. The van der Waals surface area contributed by atoms with E-state index in [2.05, 4.69) is 157 Å². The van der Waals surface area contributed by atoms with Crippen molar-refractivity contribution < 1.29 is 18.4 Å². The number of hydrogen-bond acceptors (Lipinski definition) is 5. The van der Waals surface area contributed by atoms with Crippen LogP contribution in [0.1, 0.15) is 258 Å². The minimum absolute atomic E-state index is 0.146. The number of ketones is 1. The lowest BCUT2D eigenvalue weighted by atomic mass is 9.93. The van der Waals surface area contributed by atoms with Crippen LogP contribution in [0.15, 0.2) is 73.0 Å². The summed E-state index contributed by atoms with van der Waals surface area (Å²) in [6, 6.07) is 15.7. The fourth-order valence-electron chi connectivity index (χ4n) is 9.80. The van der Waals surface area contributed by atoms with Crippen molar-refractivity contribution in [3.63, 3.8) is 0 Å². The van der Waals surface area contributed by atoms with E-state index in [0.29, 0.717) is 12.3 Å². The Morgan fingerprint density at radius 1 is 0.741 bits per heavy atom. The van der Waals surface area contributed by atoms with Crippen molar-refractivity contribution in [1.29, 1.82) is 0 Å². The number of halogens is 1. The molecule has 460 valence electrons. The Bertz CT molecular complexity index is 2330. The van der Waals surface area contributed by atoms with E-state index in [9.17, 15) is 9.18 Å². The van der Waals surface area contributed by atoms with Crippen molar-refractivity contribution in [3.05, 3.63) is 112 Å². The summed E-state index contributed by atoms with van der Waals surface area (Å²) in [5, 5.41) is 3.42. The molecule has 0 saturated heterocycles. The first-order chi connectivity index (χ1) is 38.3. The molecule has 2 aliphatic rings. The van der Waals surface area contributed by atoms with Gasteiger partial charge in [0.2, 0.25) is 5.95 Å². The summed E-state index contributed by atoms with van der Waals surface area (Å²) in [6.45, 7) is 45.9. The molecule has 4 unspecified atom stereocenters. The SMILES string of the molecule is C1CCCC1.C=C(CCCC(C)=O)C(C)CC.C=C(Nc1nc2ccc(C)cc2n1C)c1cc(C)nc(C2=C(OC)CC[N+](C)(C)C2C)c1.CCCC.CCCC(C)C(C)C.CCCCCC(CC)CCC.Cc1cc(C)cc(F)c1. The van der Waals surface area contributed by atoms with Crippen LogP contribution in [-0.2, 0) is 16.6 Å². The molecule has 1 aliphatic heterocycles. The first-order valence-corrected chi connectivity index (χ1v) is 32.2. The van der Waals surface area contributed by atoms with Gasteiger partial charge in [0, 0.05) is 30.4 Å². The number of quaternary nitrogens is 1. The number of unbranched alkanes of at least 4 members (excludes halogenated alkanes) is 3. The Hall–Kier alpha value is -4.56. The van der Waals surface area contributed by atoms with Crippen molar-refractivity contribution in [2.24, 2.45) is 30.7 Å². The topological polar surface area (TPSA) is 69.0 Å². The van der Waals surface area contributed by atoms with Crippen LogP contribution >= 0.6 is 0 Å². The van der Waals surface area contributed by atoms with Gasteiger partial charge in [0.05, 0.1) is 56.5 Å². The van der Waals surface area contributed by atoms with E-state index < -0.39 is 0 Å². The number of nitrogens with one attached hydrogen (secondary N) is 1. The fourth-order valence-corrected chi connectivity index (χ4v) is 9.80. The largest absolute Gasteiger partial charge is 0.500 e. The lowest BCUT2D eigenvalue weighted by Gasteiger charge is -2.41.